The summed E-state index contributed by atoms with van der Waals surface area (Å²) < 4.78 is 1.65. The fraction of sp³-hybridized carbons (Fsp3) is 0.333. The fourth-order valence-electron chi connectivity index (χ4n) is 1.31. The smallest absolute Gasteiger partial charge is 0.0933 e. The van der Waals surface area contributed by atoms with Gasteiger partial charge in [0, 0.05) is 12.1 Å². The summed E-state index contributed by atoms with van der Waals surface area (Å²) in [5, 5.41) is 16.6. The van der Waals surface area contributed by atoms with Gasteiger partial charge in [-0.2, -0.15) is 0 Å². The molecule has 2 rings (SSSR count). The molecule has 0 spiro atoms. The Labute approximate surface area is 76.2 Å². The van der Waals surface area contributed by atoms with E-state index in [9.17, 15) is 0 Å². The van der Waals surface area contributed by atoms with Crippen molar-refractivity contribution in [3.8, 4) is 0 Å². The average Bonchev–Trinajstić information content (AvgIpc) is 2.70. The lowest BCUT2D eigenvalue weighted by Gasteiger charge is -1.97. The molecule has 0 aromatic carbocycles. The summed E-state index contributed by atoms with van der Waals surface area (Å²) in [6.07, 6.45) is 9.98. The van der Waals surface area contributed by atoms with Gasteiger partial charge in [0.05, 0.1) is 18.8 Å². The second-order valence-electron chi connectivity index (χ2n) is 2.93. The van der Waals surface area contributed by atoms with Crippen molar-refractivity contribution >= 4 is 0 Å². The van der Waals surface area contributed by atoms with Crippen LogP contribution in [0.3, 0.4) is 0 Å². The quantitative estimate of drug-likeness (QED) is 0.730. The monoisotopic (exact) mass is 177 g/mol. The van der Waals surface area contributed by atoms with E-state index < -0.39 is 0 Å². The number of aliphatic hydroxyl groups is 1. The zero-order chi connectivity index (χ0) is 9.10. The molecule has 4 heteroatoms. The van der Waals surface area contributed by atoms with Crippen LogP contribution < -0.4 is 0 Å². The molecule has 1 aliphatic carbocycles. The molecule has 0 atom stereocenters. The SMILES string of the molecule is OCCn1cc(C2C=CC=C2)nn1. The molecule has 0 saturated carbocycles. The van der Waals surface area contributed by atoms with Crippen molar-refractivity contribution in [3.63, 3.8) is 0 Å². The molecule has 1 aromatic rings. The largest absolute Gasteiger partial charge is 0.394 e. The van der Waals surface area contributed by atoms with Gasteiger partial charge >= 0.3 is 0 Å². The van der Waals surface area contributed by atoms with Gasteiger partial charge in [-0.15, -0.1) is 5.10 Å². The second kappa shape index (κ2) is 3.53. The minimum Gasteiger partial charge on any atom is -0.394 e. The highest BCUT2D eigenvalue weighted by Crippen LogP contribution is 2.19. The van der Waals surface area contributed by atoms with Crippen LogP contribution in [-0.4, -0.2) is 26.7 Å². The topological polar surface area (TPSA) is 50.9 Å². The number of rotatable bonds is 3. The summed E-state index contributed by atoms with van der Waals surface area (Å²) in [7, 11) is 0. The van der Waals surface area contributed by atoms with E-state index in [0.29, 0.717) is 6.54 Å². The van der Waals surface area contributed by atoms with Gasteiger partial charge in [0.2, 0.25) is 0 Å². The van der Waals surface area contributed by atoms with Crippen LogP contribution in [0.15, 0.2) is 30.5 Å². The van der Waals surface area contributed by atoms with Gasteiger partial charge < -0.3 is 5.11 Å². The Balaban J connectivity index is 2.13. The Morgan fingerprint density at radius 1 is 1.38 bits per heavy atom. The first-order chi connectivity index (χ1) is 6.40. The molecule has 0 aliphatic heterocycles. The molecule has 0 unspecified atom stereocenters. The molecule has 0 radical (unpaired) electrons. The summed E-state index contributed by atoms with van der Waals surface area (Å²) in [4.78, 5) is 0. The van der Waals surface area contributed by atoms with E-state index in [1.165, 1.54) is 0 Å². The number of aromatic nitrogens is 3. The molecule has 68 valence electrons. The van der Waals surface area contributed by atoms with Crippen molar-refractivity contribution in [1.82, 2.24) is 15.0 Å². The van der Waals surface area contributed by atoms with Gasteiger partial charge in [0.1, 0.15) is 0 Å². The number of aliphatic hydroxyl groups excluding tert-OH is 1. The standard InChI is InChI=1S/C9H11N3O/c13-6-5-12-7-9(10-11-12)8-3-1-2-4-8/h1-4,7-8,13H,5-6H2. The molecule has 1 aromatic heterocycles. The third kappa shape index (κ3) is 1.67. The third-order valence-corrected chi connectivity index (χ3v) is 1.97. The summed E-state index contributed by atoms with van der Waals surface area (Å²) in [6.45, 7) is 0.603. The highest BCUT2D eigenvalue weighted by Gasteiger charge is 2.10. The van der Waals surface area contributed by atoms with Gasteiger partial charge in [-0.05, 0) is 0 Å². The minimum atomic E-state index is 0.0964. The first-order valence-corrected chi connectivity index (χ1v) is 4.26. The van der Waals surface area contributed by atoms with Gasteiger partial charge in [-0.25, -0.2) is 4.68 Å². The maximum Gasteiger partial charge on any atom is 0.0933 e. The zero-order valence-corrected chi connectivity index (χ0v) is 7.17. The van der Waals surface area contributed by atoms with Crippen molar-refractivity contribution in [2.45, 2.75) is 12.5 Å². The summed E-state index contributed by atoms with van der Waals surface area (Å²) in [6, 6.07) is 0. The lowest BCUT2D eigenvalue weighted by atomic mass is 10.1. The number of hydrogen-bond acceptors (Lipinski definition) is 3. The summed E-state index contributed by atoms with van der Waals surface area (Å²) >= 11 is 0. The van der Waals surface area contributed by atoms with E-state index in [0.717, 1.165) is 5.69 Å². The molecule has 0 amide bonds. The number of nitrogens with zero attached hydrogens (tertiary/aromatic N) is 3. The van der Waals surface area contributed by atoms with Gasteiger partial charge in [0.25, 0.3) is 0 Å². The van der Waals surface area contributed by atoms with Gasteiger partial charge in [-0.1, -0.05) is 29.5 Å². The first kappa shape index (κ1) is 8.19. The Kier molecular flexibility index (Phi) is 2.23. The number of allylic oxidation sites excluding steroid dienone is 4. The Bertz CT molecular complexity index is 328. The van der Waals surface area contributed by atoms with Crippen molar-refractivity contribution in [1.29, 1.82) is 0 Å². The van der Waals surface area contributed by atoms with Crippen LogP contribution in [0.1, 0.15) is 11.6 Å². The van der Waals surface area contributed by atoms with Crippen LogP contribution in [0.25, 0.3) is 0 Å². The van der Waals surface area contributed by atoms with E-state index in [4.69, 9.17) is 5.11 Å². The van der Waals surface area contributed by atoms with E-state index >= 15 is 0 Å². The van der Waals surface area contributed by atoms with E-state index in [1.54, 1.807) is 4.68 Å². The van der Waals surface area contributed by atoms with Crippen LogP contribution in [0.4, 0.5) is 0 Å². The van der Waals surface area contributed by atoms with Crippen LogP contribution in [0, 0.1) is 0 Å². The van der Waals surface area contributed by atoms with Crippen molar-refractivity contribution < 1.29 is 5.11 Å². The summed E-state index contributed by atoms with van der Waals surface area (Å²) in [5.74, 6) is 0.257. The van der Waals surface area contributed by atoms with Crippen molar-refractivity contribution in [3.05, 3.63) is 36.2 Å². The average molecular weight is 177 g/mol. The lowest BCUT2D eigenvalue weighted by molar-refractivity contribution is 0.268. The summed E-state index contributed by atoms with van der Waals surface area (Å²) in [5.41, 5.74) is 0.929. The van der Waals surface area contributed by atoms with E-state index in [2.05, 4.69) is 22.5 Å². The highest BCUT2D eigenvalue weighted by molar-refractivity contribution is 5.28. The fourth-order valence-corrected chi connectivity index (χ4v) is 1.31. The van der Waals surface area contributed by atoms with E-state index in [-0.39, 0.29) is 12.5 Å². The normalized spacial score (nSPS) is 15.8. The Morgan fingerprint density at radius 2 is 2.15 bits per heavy atom. The van der Waals surface area contributed by atoms with E-state index in [1.807, 2.05) is 18.3 Å². The maximum atomic E-state index is 8.68. The highest BCUT2D eigenvalue weighted by atomic mass is 16.3. The molecular weight excluding hydrogens is 166 g/mol. The predicted molar refractivity (Wildman–Crippen MR) is 48.1 cm³/mol. The third-order valence-electron chi connectivity index (χ3n) is 1.97. The van der Waals surface area contributed by atoms with Crippen molar-refractivity contribution in [2.24, 2.45) is 0 Å². The first-order valence-electron chi connectivity index (χ1n) is 4.26. The molecule has 1 heterocycles. The number of hydrogen-bond donors (Lipinski definition) is 1. The van der Waals surface area contributed by atoms with Crippen LogP contribution in [0.2, 0.25) is 0 Å². The molecule has 4 nitrogen and oxygen atoms in total. The molecule has 0 saturated heterocycles. The van der Waals surface area contributed by atoms with Crippen LogP contribution in [0.5, 0.6) is 0 Å². The molecule has 0 fully saturated rings. The molecular formula is C9H11N3O. The maximum absolute atomic E-state index is 8.68. The molecule has 0 bridgehead atoms. The second-order valence-corrected chi connectivity index (χ2v) is 2.93. The Hall–Kier alpha value is -1.42. The molecule has 1 N–H and O–H groups in total. The van der Waals surface area contributed by atoms with Crippen LogP contribution >= 0.6 is 0 Å². The minimum absolute atomic E-state index is 0.0964. The Morgan fingerprint density at radius 3 is 2.85 bits per heavy atom. The zero-order valence-electron chi connectivity index (χ0n) is 7.17. The van der Waals surface area contributed by atoms with Gasteiger partial charge in [-0.3, -0.25) is 0 Å². The lowest BCUT2D eigenvalue weighted by Crippen LogP contribution is -2.02. The molecule has 13 heavy (non-hydrogen) atoms. The molecule has 1 aliphatic rings. The van der Waals surface area contributed by atoms with Crippen molar-refractivity contribution in [2.75, 3.05) is 6.61 Å². The van der Waals surface area contributed by atoms with Gasteiger partial charge in [0.15, 0.2) is 0 Å². The predicted octanol–water partition coefficient (Wildman–Crippen LogP) is 0.480. The van der Waals surface area contributed by atoms with Crippen LogP contribution in [-0.2, 0) is 6.54 Å².